The second-order valence-electron chi connectivity index (χ2n) is 4.57. The Hall–Kier alpha value is -0.730. The lowest BCUT2D eigenvalue weighted by molar-refractivity contribution is 0.392. The fourth-order valence-electron chi connectivity index (χ4n) is 2.06. The van der Waals surface area contributed by atoms with Gasteiger partial charge in [-0.3, -0.25) is 4.90 Å². The average molecular weight is 256 g/mol. The molecule has 0 aliphatic heterocycles. The van der Waals surface area contributed by atoms with Crippen LogP contribution in [0.4, 0.5) is 0 Å². The number of alkyl halides is 1. The van der Waals surface area contributed by atoms with Crippen LogP contribution in [0.3, 0.4) is 0 Å². The molecule has 0 aromatic heterocycles. The van der Waals surface area contributed by atoms with Gasteiger partial charge in [-0.15, -0.1) is 11.6 Å². The number of halogens is 1. The molecule has 0 fully saturated rings. The molecule has 0 bridgehead atoms. The first-order valence-corrected chi connectivity index (χ1v) is 6.42. The molecule has 0 saturated carbocycles. The third kappa shape index (κ3) is 3.36. The van der Waals surface area contributed by atoms with Gasteiger partial charge in [0.05, 0.1) is 13.1 Å². The molecule has 0 saturated heterocycles. The number of hydrogen-bond donors (Lipinski definition) is 0. The fourth-order valence-corrected chi connectivity index (χ4v) is 2.18. The van der Waals surface area contributed by atoms with Crippen molar-refractivity contribution < 1.29 is 4.74 Å². The van der Waals surface area contributed by atoms with E-state index in [4.69, 9.17) is 16.3 Å². The van der Waals surface area contributed by atoms with E-state index < -0.39 is 0 Å². The standard InChI is InChI=1S/C14H22ClNO/c1-10-8-14(17-5)12(3)11(2)13(10)6-7-16(4)9-15/h8H,6-7,9H2,1-5H3. The van der Waals surface area contributed by atoms with Gasteiger partial charge in [-0.05, 0) is 62.6 Å². The van der Waals surface area contributed by atoms with E-state index in [-0.39, 0.29) is 0 Å². The molecule has 1 aromatic carbocycles. The Morgan fingerprint density at radius 1 is 1.24 bits per heavy atom. The number of nitrogens with zero attached hydrogens (tertiary/aromatic N) is 1. The van der Waals surface area contributed by atoms with Gasteiger partial charge in [0, 0.05) is 6.54 Å². The zero-order valence-corrected chi connectivity index (χ0v) is 12.2. The molecule has 0 aliphatic rings. The highest BCUT2D eigenvalue weighted by molar-refractivity contribution is 6.17. The van der Waals surface area contributed by atoms with Gasteiger partial charge in [0.25, 0.3) is 0 Å². The quantitative estimate of drug-likeness (QED) is 0.591. The Morgan fingerprint density at radius 3 is 2.41 bits per heavy atom. The van der Waals surface area contributed by atoms with Gasteiger partial charge >= 0.3 is 0 Å². The topological polar surface area (TPSA) is 12.5 Å². The van der Waals surface area contributed by atoms with E-state index in [1.165, 1.54) is 22.3 Å². The van der Waals surface area contributed by atoms with Crippen molar-refractivity contribution in [3.8, 4) is 5.75 Å². The Bertz CT molecular complexity index is 390. The second kappa shape index (κ2) is 6.27. The van der Waals surface area contributed by atoms with Crippen LogP contribution in [0.15, 0.2) is 6.07 Å². The minimum atomic E-state index is 0.577. The first kappa shape index (κ1) is 14.3. The first-order valence-electron chi connectivity index (χ1n) is 5.89. The lowest BCUT2D eigenvalue weighted by Gasteiger charge is -2.18. The maximum absolute atomic E-state index is 5.78. The molecular weight excluding hydrogens is 234 g/mol. The van der Waals surface area contributed by atoms with Crippen LogP contribution in [0.1, 0.15) is 22.3 Å². The van der Waals surface area contributed by atoms with Gasteiger partial charge in [0.2, 0.25) is 0 Å². The van der Waals surface area contributed by atoms with E-state index >= 15 is 0 Å². The molecule has 1 aromatic rings. The van der Waals surface area contributed by atoms with Crippen molar-refractivity contribution >= 4 is 11.6 Å². The van der Waals surface area contributed by atoms with E-state index in [1.807, 2.05) is 7.05 Å². The highest BCUT2D eigenvalue weighted by atomic mass is 35.5. The summed E-state index contributed by atoms with van der Waals surface area (Å²) >= 11 is 5.78. The van der Waals surface area contributed by atoms with E-state index in [2.05, 4.69) is 31.7 Å². The summed E-state index contributed by atoms with van der Waals surface area (Å²) in [6.45, 7) is 7.41. The molecule has 0 amide bonds. The van der Waals surface area contributed by atoms with Crippen LogP contribution in [0.5, 0.6) is 5.75 Å². The largest absolute Gasteiger partial charge is 0.496 e. The van der Waals surface area contributed by atoms with Crippen molar-refractivity contribution in [2.45, 2.75) is 27.2 Å². The van der Waals surface area contributed by atoms with Gasteiger partial charge in [0.15, 0.2) is 0 Å². The highest BCUT2D eigenvalue weighted by Crippen LogP contribution is 2.27. The molecular formula is C14H22ClNO. The van der Waals surface area contributed by atoms with Crippen molar-refractivity contribution in [3.63, 3.8) is 0 Å². The van der Waals surface area contributed by atoms with Gasteiger partial charge in [-0.1, -0.05) is 0 Å². The summed E-state index contributed by atoms with van der Waals surface area (Å²) in [5.74, 6) is 0.981. The van der Waals surface area contributed by atoms with Crippen LogP contribution in [0, 0.1) is 20.8 Å². The highest BCUT2D eigenvalue weighted by Gasteiger charge is 2.10. The van der Waals surface area contributed by atoms with Gasteiger partial charge in [-0.25, -0.2) is 0 Å². The Balaban J connectivity index is 2.96. The zero-order chi connectivity index (χ0) is 13.0. The van der Waals surface area contributed by atoms with Crippen LogP contribution >= 0.6 is 11.6 Å². The van der Waals surface area contributed by atoms with Gasteiger partial charge < -0.3 is 4.74 Å². The summed E-state index contributed by atoms with van der Waals surface area (Å²) in [7, 11) is 3.76. The van der Waals surface area contributed by atoms with Crippen LogP contribution in [0.2, 0.25) is 0 Å². The maximum atomic E-state index is 5.78. The normalized spacial score (nSPS) is 11.0. The van der Waals surface area contributed by atoms with Crippen LogP contribution < -0.4 is 4.74 Å². The molecule has 2 nitrogen and oxygen atoms in total. The minimum Gasteiger partial charge on any atom is -0.496 e. The van der Waals surface area contributed by atoms with E-state index in [0.29, 0.717) is 6.00 Å². The Labute approximate surface area is 110 Å². The lowest BCUT2D eigenvalue weighted by atomic mass is 9.95. The summed E-state index contributed by atoms with van der Waals surface area (Å²) in [5.41, 5.74) is 5.29. The fraction of sp³-hybridized carbons (Fsp3) is 0.571. The van der Waals surface area contributed by atoms with Crippen LogP contribution in [-0.2, 0) is 6.42 Å². The van der Waals surface area contributed by atoms with Crippen molar-refractivity contribution in [2.75, 3.05) is 26.7 Å². The number of methoxy groups -OCH3 is 1. The van der Waals surface area contributed by atoms with Crippen molar-refractivity contribution in [2.24, 2.45) is 0 Å². The summed E-state index contributed by atoms with van der Waals surface area (Å²) < 4.78 is 5.38. The molecule has 0 aliphatic carbocycles. The predicted octanol–water partition coefficient (Wildman–Crippen LogP) is 3.29. The number of ether oxygens (including phenoxy) is 1. The van der Waals surface area contributed by atoms with Crippen LogP contribution in [0.25, 0.3) is 0 Å². The predicted molar refractivity (Wildman–Crippen MR) is 74.3 cm³/mol. The first-order chi connectivity index (χ1) is 8.01. The van der Waals surface area contributed by atoms with E-state index in [0.717, 1.165) is 18.7 Å². The average Bonchev–Trinajstić information content (AvgIpc) is 2.33. The lowest BCUT2D eigenvalue weighted by Crippen LogP contribution is -2.20. The summed E-state index contributed by atoms with van der Waals surface area (Å²) in [6, 6.07) is 2.70. The van der Waals surface area contributed by atoms with E-state index in [1.54, 1.807) is 7.11 Å². The van der Waals surface area contributed by atoms with Gasteiger partial charge in [-0.2, -0.15) is 0 Å². The number of hydrogen-bond acceptors (Lipinski definition) is 2. The molecule has 0 atom stereocenters. The minimum absolute atomic E-state index is 0.577. The molecule has 3 heteroatoms. The summed E-state index contributed by atoms with van der Waals surface area (Å²) in [5, 5.41) is 0. The maximum Gasteiger partial charge on any atom is 0.122 e. The molecule has 0 N–H and O–H groups in total. The second-order valence-corrected chi connectivity index (χ2v) is 4.81. The molecule has 0 radical (unpaired) electrons. The SMILES string of the molecule is COc1cc(C)c(CCN(C)CCl)c(C)c1C. The van der Waals surface area contributed by atoms with Crippen molar-refractivity contribution in [1.29, 1.82) is 0 Å². The number of benzene rings is 1. The zero-order valence-electron chi connectivity index (χ0n) is 11.4. The number of likely N-dealkylation sites (N-methyl/N-ethyl adjacent to an activating group) is 1. The van der Waals surface area contributed by atoms with E-state index in [9.17, 15) is 0 Å². The number of rotatable bonds is 5. The summed E-state index contributed by atoms with van der Waals surface area (Å²) in [4.78, 5) is 2.11. The monoisotopic (exact) mass is 255 g/mol. The third-order valence-electron chi connectivity index (χ3n) is 3.38. The van der Waals surface area contributed by atoms with Crippen LogP contribution in [-0.4, -0.2) is 31.6 Å². The molecule has 1 rings (SSSR count). The molecule has 0 heterocycles. The summed E-state index contributed by atoms with van der Waals surface area (Å²) in [6.07, 6.45) is 1.03. The number of aryl methyl sites for hydroxylation is 1. The van der Waals surface area contributed by atoms with Gasteiger partial charge in [0.1, 0.15) is 5.75 Å². The van der Waals surface area contributed by atoms with Crippen molar-refractivity contribution in [3.05, 3.63) is 28.3 Å². The molecule has 17 heavy (non-hydrogen) atoms. The molecule has 96 valence electrons. The molecule has 0 unspecified atom stereocenters. The Morgan fingerprint density at radius 2 is 1.88 bits per heavy atom. The molecule has 0 spiro atoms. The Kier molecular flexibility index (Phi) is 5.29. The third-order valence-corrected chi connectivity index (χ3v) is 3.78. The smallest absolute Gasteiger partial charge is 0.122 e. The van der Waals surface area contributed by atoms with Crippen molar-refractivity contribution in [1.82, 2.24) is 4.90 Å².